The first-order valence-corrected chi connectivity index (χ1v) is 7.17. The number of sulfone groups is 1. The average molecular weight is 291 g/mol. The summed E-state index contributed by atoms with van der Waals surface area (Å²) in [4.78, 5) is 0.350. The number of hydrogen-bond acceptors (Lipinski definition) is 3. The lowest BCUT2D eigenvalue weighted by Gasteiger charge is -2.36. The van der Waals surface area contributed by atoms with Crippen LogP contribution in [0.4, 0.5) is 0 Å². The number of benzene rings is 1. The Balaban J connectivity index is 2.32. The van der Waals surface area contributed by atoms with Crippen molar-refractivity contribution in [3.8, 4) is 0 Å². The highest BCUT2D eigenvalue weighted by molar-refractivity contribution is 9.09. The monoisotopic (exact) mass is 290 g/mol. The van der Waals surface area contributed by atoms with Crippen LogP contribution in [-0.2, 0) is 18.9 Å². The van der Waals surface area contributed by atoms with E-state index < -0.39 is 9.84 Å². The molecular weight excluding hydrogens is 280 g/mol. The van der Waals surface area contributed by atoms with Gasteiger partial charge in [0.05, 0.1) is 22.4 Å². The second kappa shape index (κ2) is 3.57. The second-order valence-electron chi connectivity index (χ2n) is 3.75. The molecule has 0 amide bonds. The van der Waals surface area contributed by atoms with Crippen LogP contribution in [0.25, 0.3) is 0 Å². The SMILES string of the molecule is CS(=O)(=O)c1ccc(C2(Br)COC2)cc1. The maximum atomic E-state index is 11.2. The van der Waals surface area contributed by atoms with E-state index in [1.807, 2.05) is 12.1 Å². The zero-order valence-corrected chi connectivity index (χ0v) is 10.6. The van der Waals surface area contributed by atoms with Gasteiger partial charge in [-0.25, -0.2) is 8.42 Å². The molecule has 1 saturated heterocycles. The zero-order chi connectivity index (χ0) is 11.1. The first-order chi connectivity index (χ1) is 6.92. The molecule has 0 radical (unpaired) electrons. The minimum absolute atomic E-state index is 0.122. The molecule has 1 heterocycles. The van der Waals surface area contributed by atoms with Crippen LogP contribution in [0, 0.1) is 0 Å². The standard InChI is InChI=1S/C10H11BrO3S/c1-15(12,13)9-4-2-8(3-5-9)10(11)6-14-7-10/h2-5H,6-7H2,1H3. The Bertz CT molecular complexity index is 460. The van der Waals surface area contributed by atoms with E-state index in [2.05, 4.69) is 15.9 Å². The van der Waals surface area contributed by atoms with Gasteiger partial charge in [0.25, 0.3) is 0 Å². The van der Waals surface area contributed by atoms with E-state index in [1.54, 1.807) is 12.1 Å². The normalized spacial score (nSPS) is 19.6. The highest BCUT2D eigenvalue weighted by Gasteiger charge is 2.37. The summed E-state index contributed by atoms with van der Waals surface area (Å²) in [5.41, 5.74) is 1.06. The van der Waals surface area contributed by atoms with Crippen molar-refractivity contribution >= 4 is 25.8 Å². The largest absolute Gasteiger partial charge is 0.378 e. The van der Waals surface area contributed by atoms with Crippen molar-refractivity contribution in [2.45, 2.75) is 9.22 Å². The third-order valence-electron chi connectivity index (χ3n) is 2.46. The lowest BCUT2D eigenvalue weighted by Crippen LogP contribution is -2.40. The fraction of sp³-hybridized carbons (Fsp3) is 0.400. The smallest absolute Gasteiger partial charge is 0.175 e. The molecule has 0 atom stereocenters. The predicted molar refractivity (Wildman–Crippen MR) is 61.0 cm³/mol. The zero-order valence-electron chi connectivity index (χ0n) is 8.23. The Morgan fingerprint density at radius 3 is 2.13 bits per heavy atom. The molecular formula is C10H11BrO3S. The lowest BCUT2D eigenvalue weighted by molar-refractivity contribution is -0.00700. The van der Waals surface area contributed by atoms with Crippen LogP contribution in [-0.4, -0.2) is 27.9 Å². The summed E-state index contributed by atoms with van der Waals surface area (Å²) in [6.45, 7) is 1.26. The summed E-state index contributed by atoms with van der Waals surface area (Å²) >= 11 is 3.58. The van der Waals surface area contributed by atoms with E-state index in [9.17, 15) is 8.42 Å². The molecule has 15 heavy (non-hydrogen) atoms. The molecule has 82 valence electrons. The summed E-state index contributed by atoms with van der Waals surface area (Å²) < 4.78 is 27.5. The van der Waals surface area contributed by atoms with Gasteiger partial charge in [-0.2, -0.15) is 0 Å². The Hall–Kier alpha value is -0.390. The molecule has 0 aliphatic carbocycles. The minimum Gasteiger partial charge on any atom is -0.378 e. The van der Waals surface area contributed by atoms with Crippen molar-refractivity contribution in [1.29, 1.82) is 0 Å². The van der Waals surface area contributed by atoms with Gasteiger partial charge in [0, 0.05) is 6.26 Å². The molecule has 0 unspecified atom stereocenters. The minimum atomic E-state index is -3.10. The number of alkyl halides is 1. The van der Waals surface area contributed by atoms with Crippen LogP contribution in [0.3, 0.4) is 0 Å². The third kappa shape index (κ3) is 2.09. The van der Waals surface area contributed by atoms with E-state index in [0.29, 0.717) is 18.1 Å². The highest BCUT2D eigenvalue weighted by Crippen LogP contribution is 2.38. The Labute approximate surface area is 97.5 Å². The maximum Gasteiger partial charge on any atom is 0.175 e. The molecule has 5 heteroatoms. The first-order valence-electron chi connectivity index (χ1n) is 4.49. The van der Waals surface area contributed by atoms with Gasteiger partial charge in [0.15, 0.2) is 9.84 Å². The summed E-state index contributed by atoms with van der Waals surface area (Å²) in [6, 6.07) is 6.92. The van der Waals surface area contributed by atoms with Gasteiger partial charge < -0.3 is 4.74 Å². The van der Waals surface area contributed by atoms with Gasteiger partial charge >= 0.3 is 0 Å². The van der Waals surface area contributed by atoms with Crippen LogP contribution < -0.4 is 0 Å². The molecule has 0 aromatic heterocycles. The highest BCUT2D eigenvalue weighted by atomic mass is 79.9. The fourth-order valence-corrected chi connectivity index (χ4v) is 2.67. The topological polar surface area (TPSA) is 43.4 Å². The van der Waals surface area contributed by atoms with E-state index in [1.165, 1.54) is 6.26 Å². The van der Waals surface area contributed by atoms with Crippen LogP contribution in [0.15, 0.2) is 29.2 Å². The Morgan fingerprint density at radius 1 is 1.27 bits per heavy atom. The average Bonchev–Trinajstić information content (AvgIpc) is 2.13. The quantitative estimate of drug-likeness (QED) is 0.779. The molecule has 0 bridgehead atoms. The summed E-state index contributed by atoms with van der Waals surface area (Å²) in [6.07, 6.45) is 1.21. The van der Waals surface area contributed by atoms with Gasteiger partial charge in [-0.1, -0.05) is 28.1 Å². The van der Waals surface area contributed by atoms with Gasteiger partial charge in [-0.05, 0) is 17.7 Å². The van der Waals surface area contributed by atoms with E-state index in [0.717, 1.165) is 5.56 Å². The molecule has 1 aliphatic heterocycles. The molecule has 0 N–H and O–H groups in total. The first kappa shape index (κ1) is 11.1. The molecule has 1 aliphatic rings. The Kier molecular flexibility index (Phi) is 2.65. The molecule has 3 nitrogen and oxygen atoms in total. The van der Waals surface area contributed by atoms with Gasteiger partial charge in [-0.15, -0.1) is 0 Å². The van der Waals surface area contributed by atoms with Crippen molar-refractivity contribution in [3.05, 3.63) is 29.8 Å². The van der Waals surface area contributed by atoms with Crippen molar-refractivity contribution in [2.75, 3.05) is 19.5 Å². The van der Waals surface area contributed by atoms with Crippen LogP contribution in [0.2, 0.25) is 0 Å². The predicted octanol–water partition coefficient (Wildman–Crippen LogP) is 1.71. The molecule has 2 rings (SSSR count). The number of halogens is 1. The number of ether oxygens (including phenoxy) is 1. The summed E-state index contributed by atoms with van der Waals surface area (Å²) in [5.74, 6) is 0. The van der Waals surface area contributed by atoms with E-state index in [-0.39, 0.29) is 4.32 Å². The number of hydrogen-bond donors (Lipinski definition) is 0. The van der Waals surface area contributed by atoms with Crippen LogP contribution in [0.1, 0.15) is 5.56 Å². The second-order valence-corrected chi connectivity index (χ2v) is 7.29. The lowest BCUT2D eigenvalue weighted by atomic mass is 9.98. The van der Waals surface area contributed by atoms with Crippen molar-refractivity contribution < 1.29 is 13.2 Å². The van der Waals surface area contributed by atoms with E-state index in [4.69, 9.17) is 4.74 Å². The van der Waals surface area contributed by atoms with Crippen LogP contribution in [0.5, 0.6) is 0 Å². The molecule has 0 saturated carbocycles. The van der Waals surface area contributed by atoms with Gasteiger partial charge in [0.1, 0.15) is 0 Å². The fourth-order valence-electron chi connectivity index (χ4n) is 1.45. The summed E-state index contributed by atoms with van der Waals surface area (Å²) in [7, 11) is -3.10. The van der Waals surface area contributed by atoms with Gasteiger partial charge in [-0.3, -0.25) is 0 Å². The van der Waals surface area contributed by atoms with Crippen molar-refractivity contribution in [3.63, 3.8) is 0 Å². The maximum absolute atomic E-state index is 11.2. The van der Waals surface area contributed by atoms with Crippen molar-refractivity contribution in [2.24, 2.45) is 0 Å². The molecule has 1 aromatic rings. The van der Waals surface area contributed by atoms with E-state index >= 15 is 0 Å². The molecule has 1 aromatic carbocycles. The third-order valence-corrected chi connectivity index (χ3v) is 4.51. The summed E-state index contributed by atoms with van der Waals surface area (Å²) in [5, 5.41) is 0. The molecule has 1 fully saturated rings. The van der Waals surface area contributed by atoms with Gasteiger partial charge in [0.2, 0.25) is 0 Å². The van der Waals surface area contributed by atoms with Crippen LogP contribution >= 0.6 is 15.9 Å². The number of rotatable bonds is 2. The Morgan fingerprint density at radius 2 is 1.80 bits per heavy atom. The molecule has 0 spiro atoms. The van der Waals surface area contributed by atoms with Crippen molar-refractivity contribution in [1.82, 2.24) is 0 Å².